The summed E-state index contributed by atoms with van der Waals surface area (Å²) in [5.41, 5.74) is 1.12. The van der Waals surface area contributed by atoms with Crippen LogP contribution in [0.2, 0.25) is 5.02 Å². The number of hydrogen-bond acceptors (Lipinski definition) is 7. The Labute approximate surface area is 237 Å². The Hall–Kier alpha value is -4.02. The molecule has 2 N–H and O–H groups in total. The maximum atomic E-state index is 13.8. The molecule has 0 radical (unpaired) electrons. The van der Waals surface area contributed by atoms with E-state index in [1.807, 2.05) is 0 Å². The zero-order chi connectivity index (χ0) is 28.5. The summed E-state index contributed by atoms with van der Waals surface area (Å²) in [5.74, 6) is -0.544. The summed E-state index contributed by atoms with van der Waals surface area (Å²) >= 11 is 6.46. The van der Waals surface area contributed by atoms with Crippen LogP contribution in [0.4, 0.5) is 0 Å². The Bertz CT molecular complexity index is 1310. The Balaban J connectivity index is 1.69. The first kappa shape index (κ1) is 29.0. The molecule has 3 aromatic rings. The molecular weight excluding hydrogens is 538 g/mol. The molecule has 11 heteroatoms. The van der Waals surface area contributed by atoms with Gasteiger partial charge in [0.15, 0.2) is 17.3 Å². The number of halogens is 1. The van der Waals surface area contributed by atoms with E-state index < -0.39 is 23.8 Å². The zero-order valence-electron chi connectivity index (χ0n) is 22.4. The molecule has 2 heterocycles. The molecule has 1 aliphatic heterocycles. The van der Waals surface area contributed by atoms with Crippen LogP contribution in [0.15, 0.2) is 65.3 Å². The van der Waals surface area contributed by atoms with E-state index in [2.05, 4.69) is 10.6 Å². The van der Waals surface area contributed by atoms with Gasteiger partial charge >= 0.3 is 0 Å². The van der Waals surface area contributed by atoms with Gasteiger partial charge in [-0.15, -0.1) is 0 Å². The molecule has 0 spiro atoms. The fraction of sp³-hybridized carbons (Fsp3) is 0.345. The summed E-state index contributed by atoms with van der Waals surface area (Å²) in [6.07, 6.45) is 3.02. The van der Waals surface area contributed by atoms with Crippen molar-refractivity contribution in [1.29, 1.82) is 0 Å². The van der Waals surface area contributed by atoms with E-state index in [9.17, 15) is 14.4 Å². The van der Waals surface area contributed by atoms with Gasteiger partial charge in [0.05, 0.1) is 33.1 Å². The monoisotopic (exact) mass is 569 g/mol. The number of nitrogens with one attached hydrogen (secondary N) is 2. The Morgan fingerprint density at radius 2 is 1.85 bits per heavy atom. The number of benzene rings is 2. The number of rotatable bonds is 12. The van der Waals surface area contributed by atoms with Gasteiger partial charge in [-0.05, 0) is 54.3 Å². The van der Waals surface area contributed by atoms with Crippen LogP contribution in [0.25, 0.3) is 0 Å². The molecular formula is C29H32ClN3O7. The summed E-state index contributed by atoms with van der Waals surface area (Å²) in [5, 5.41) is 5.96. The Morgan fingerprint density at radius 1 is 1.05 bits per heavy atom. The largest absolute Gasteiger partial charge is 0.493 e. The molecule has 4 rings (SSSR count). The van der Waals surface area contributed by atoms with Crippen molar-refractivity contribution in [3.8, 4) is 11.5 Å². The van der Waals surface area contributed by atoms with E-state index in [1.165, 1.54) is 31.4 Å². The van der Waals surface area contributed by atoms with Crippen molar-refractivity contribution in [2.45, 2.75) is 31.5 Å². The molecule has 0 aliphatic carbocycles. The highest BCUT2D eigenvalue weighted by atomic mass is 35.5. The average molecular weight is 570 g/mol. The number of methoxy groups -OCH3 is 2. The third-order valence-electron chi connectivity index (χ3n) is 6.58. The minimum absolute atomic E-state index is 0.00148. The van der Waals surface area contributed by atoms with E-state index in [4.69, 9.17) is 30.2 Å². The summed E-state index contributed by atoms with van der Waals surface area (Å²) < 4.78 is 21.6. The summed E-state index contributed by atoms with van der Waals surface area (Å²) in [7, 11) is 3.00. The SMILES string of the molecule is COc1ccc([C@H](C(=O)NC[C@@H]2CCCO2)N(Cc2ccccc2Cl)C(=O)CNC(=O)c2ccco2)cc1OC. The lowest BCUT2D eigenvalue weighted by Gasteiger charge is -2.32. The van der Waals surface area contributed by atoms with Crippen LogP contribution in [0, 0.1) is 0 Å². The molecule has 1 aromatic heterocycles. The molecule has 40 heavy (non-hydrogen) atoms. The van der Waals surface area contributed by atoms with E-state index in [-0.39, 0.29) is 25.0 Å². The maximum Gasteiger partial charge on any atom is 0.287 e. The third-order valence-corrected chi connectivity index (χ3v) is 6.94. The van der Waals surface area contributed by atoms with Crippen LogP contribution in [0.3, 0.4) is 0 Å². The first-order valence-electron chi connectivity index (χ1n) is 12.9. The van der Waals surface area contributed by atoms with Gasteiger partial charge in [0.1, 0.15) is 6.04 Å². The molecule has 2 atom stereocenters. The fourth-order valence-electron chi connectivity index (χ4n) is 4.50. The number of nitrogens with zero attached hydrogens (tertiary/aromatic N) is 1. The molecule has 3 amide bonds. The van der Waals surface area contributed by atoms with Gasteiger partial charge in [-0.1, -0.05) is 35.9 Å². The molecule has 1 fully saturated rings. The lowest BCUT2D eigenvalue weighted by atomic mass is 10.0. The predicted molar refractivity (Wildman–Crippen MR) is 147 cm³/mol. The van der Waals surface area contributed by atoms with Crippen molar-refractivity contribution < 1.29 is 33.0 Å². The number of furan rings is 1. The van der Waals surface area contributed by atoms with Crippen LogP contribution in [-0.2, 0) is 20.9 Å². The van der Waals surface area contributed by atoms with E-state index in [0.29, 0.717) is 40.8 Å². The second kappa shape index (κ2) is 13.9. The van der Waals surface area contributed by atoms with Gasteiger partial charge in [0, 0.05) is 24.7 Å². The number of amides is 3. The number of ether oxygens (including phenoxy) is 3. The summed E-state index contributed by atoms with van der Waals surface area (Å²) in [6, 6.07) is 14.1. The smallest absolute Gasteiger partial charge is 0.287 e. The van der Waals surface area contributed by atoms with Gasteiger partial charge in [-0.25, -0.2) is 0 Å². The van der Waals surface area contributed by atoms with E-state index in [0.717, 1.165) is 12.8 Å². The Kier molecular flexibility index (Phi) is 10.0. The van der Waals surface area contributed by atoms with Crippen molar-refractivity contribution in [3.63, 3.8) is 0 Å². The van der Waals surface area contributed by atoms with Gasteiger partial charge in [0.25, 0.3) is 5.91 Å². The molecule has 212 valence electrons. The number of carbonyl (C=O) groups excluding carboxylic acids is 3. The average Bonchev–Trinajstić information content (AvgIpc) is 3.70. The van der Waals surface area contributed by atoms with Crippen molar-refractivity contribution in [2.75, 3.05) is 33.9 Å². The molecule has 2 aromatic carbocycles. The third kappa shape index (κ3) is 7.13. The molecule has 0 saturated carbocycles. The number of carbonyl (C=O) groups is 3. The van der Waals surface area contributed by atoms with Gasteiger partial charge in [0.2, 0.25) is 11.8 Å². The van der Waals surface area contributed by atoms with Gasteiger partial charge in [-0.2, -0.15) is 0 Å². The van der Waals surface area contributed by atoms with E-state index in [1.54, 1.807) is 48.5 Å². The highest BCUT2D eigenvalue weighted by molar-refractivity contribution is 6.31. The summed E-state index contributed by atoms with van der Waals surface area (Å²) in [6.45, 7) is 0.562. The molecule has 1 saturated heterocycles. The standard InChI is InChI=1S/C29H32ClN3O7/c1-37-23-12-11-19(15-25(23)38-2)27(29(36)31-16-21-8-5-13-39-21)33(18-20-7-3-4-9-22(20)30)26(34)17-32-28(35)24-10-6-14-40-24/h3-4,6-7,9-12,14-15,21,27H,5,8,13,16-18H2,1-2H3,(H,31,36)(H,32,35)/t21-,27+/m0/s1. The van der Waals surface area contributed by atoms with Crippen molar-refractivity contribution in [1.82, 2.24) is 15.5 Å². The Morgan fingerprint density at radius 3 is 2.52 bits per heavy atom. The molecule has 1 aliphatic rings. The van der Waals surface area contributed by atoms with Crippen LogP contribution in [-0.4, -0.2) is 62.6 Å². The van der Waals surface area contributed by atoms with Gasteiger partial charge in [-0.3, -0.25) is 14.4 Å². The fourth-order valence-corrected chi connectivity index (χ4v) is 4.69. The highest BCUT2D eigenvalue weighted by Crippen LogP contribution is 2.33. The van der Waals surface area contributed by atoms with Crippen molar-refractivity contribution in [2.24, 2.45) is 0 Å². The lowest BCUT2D eigenvalue weighted by molar-refractivity contribution is -0.141. The van der Waals surface area contributed by atoms with Crippen molar-refractivity contribution in [3.05, 3.63) is 82.8 Å². The lowest BCUT2D eigenvalue weighted by Crippen LogP contribution is -2.48. The molecule has 10 nitrogen and oxygen atoms in total. The highest BCUT2D eigenvalue weighted by Gasteiger charge is 2.33. The second-order valence-electron chi connectivity index (χ2n) is 9.17. The topological polar surface area (TPSA) is 119 Å². The molecule has 0 unspecified atom stereocenters. The van der Waals surface area contributed by atoms with Crippen LogP contribution < -0.4 is 20.1 Å². The first-order valence-corrected chi connectivity index (χ1v) is 13.2. The second-order valence-corrected chi connectivity index (χ2v) is 9.58. The van der Waals surface area contributed by atoms with E-state index >= 15 is 0 Å². The summed E-state index contributed by atoms with van der Waals surface area (Å²) in [4.78, 5) is 41.5. The van der Waals surface area contributed by atoms with Crippen LogP contribution >= 0.6 is 11.6 Å². The normalized spacial score (nSPS) is 15.2. The predicted octanol–water partition coefficient (Wildman–Crippen LogP) is 3.75. The van der Waals surface area contributed by atoms with Crippen LogP contribution in [0.1, 0.15) is 40.6 Å². The van der Waals surface area contributed by atoms with Crippen LogP contribution in [0.5, 0.6) is 11.5 Å². The first-order chi connectivity index (χ1) is 19.4. The number of hydrogen-bond donors (Lipinski definition) is 2. The maximum absolute atomic E-state index is 13.8. The van der Waals surface area contributed by atoms with Crippen molar-refractivity contribution >= 4 is 29.3 Å². The minimum Gasteiger partial charge on any atom is -0.493 e. The minimum atomic E-state index is -1.09. The zero-order valence-corrected chi connectivity index (χ0v) is 23.1. The molecule has 0 bridgehead atoms. The van der Waals surface area contributed by atoms with Gasteiger partial charge < -0.3 is 34.2 Å². The quantitative estimate of drug-likeness (QED) is 0.341.